The maximum Gasteiger partial charge on any atom is 0.348 e. The van der Waals surface area contributed by atoms with Gasteiger partial charge in [0.05, 0.1) is 19.8 Å². The largest absolute Gasteiger partial charge is 0.465 e. The standard InChI is InChI=1S/C14H17NO5S/c1-7-9(13(17)19-2)12(21-10(7)14(18)20-3)15-11(16)8-5-4-6-8/h8H,4-6H2,1-3H3,(H,15,16). The highest BCUT2D eigenvalue weighted by Gasteiger charge is 2.30. The number of ether oxygens (including phenoxy) is 2. The monoisotopic (exact) mass is 311 g/mol. The first-order valence-electron chi connectivity index (χ1n) is 6.60. The summed E-state index contributed by atoms with van der Waals surface area (Å²) in [5.41, 5.74) is 0.679. The van der Waals surface area contributed by atoms with E-state index in [4.69, 9.17) is 9.47 Å². The van der Waals surface area contributed by atoms with E-state index < -0.39 is 11.9 Å². The molecule has 0 unspecified atom stereocenters. The quantitative estimate of drug-likeness (QED) is 0.863. The fourth-order valence-corrected chi connectivity index (χ4v) is 3.24. The number of anilines is 1. The van der Waals surface area contributed by atoms with Crippen molar-refractivity contribution in [1.29, 1.82) is 0 Å². The first-order chi connectivity index (χ1) is 9.99. The summed E-state index contributed by atoms with van der Waals surface area (Å²) in [6.45, 7) is 1.63. The Kier molecular flexibility index (Phi) is 4.62. The van der Waals surface area contributed by atoms with Crippen molar-refractivity contribution in [3.63, 3.8) is 0 Å². The van der Waals surface area contributed by atoms with E-state index in [1.54, 1.807) is 6.92 Å². The number of esters is 2. The predicted molar refractivity (Wildman–Crippen MR) is 77.7 cm³/mol. The van der Waals surface area contributed by atoms with Gasteiger partial charge in [-0.1, -0.05) is 6.42 Å². The number of rotatable bonds is 4. The van der Waals surface area contributed by atoms with Gasteiger partial charge in [0.15, 0.2) is 0 Å². The van der Waals surface area contributed by atoms with Crippen LogP contribution in [0.4, 0.5) is 5.00 Å². The van der Waals surface area contributed by atoms with Gasteiger partial charge in [-0.25, -0.2) is 9.59 Å². The van der Waals surface area contributed by atoms with Gasteiger partial charge in [-0.15, -0.1) is 11.3 Å². The minimum atomic E-state index is -0.581. The third kappa shape index (κ3) is 2.92. The molecule has 1 aliphatic carbocycles. The van der Waals surface area contributed by atoms with Crippen LogP contribution in [0.2, 0.25) is 0 Å². The lowest BCUT2D eigenvalue weighted by Crippen LogP contribution is -2.28. The Hall–Kier alpha value is -1.89. The summed E-state index contributed by atoms with van der Waals surface area (Å²) in [5, 5.41) is 3.08. The Labute approximate surface area is 126 Å². The van der Waals surface area contributed by atoms with Crippen molar-refractivity contribution < 1.29 is 23.9 Å². The summed E-state index contributed by atoms with van der Waals surface area (Å²) in [6, 6.07) is 0. The van der Waals surface area contributed by atoms with Gasteiger partial charge in [-0.3, -0.25) is 4.79 Å². The molecule has 0 bridgehead atoms. The van der Waals surface area contributed by atoms with E-state index in [-0.39, 0.29) is 17.4 Å². The highest BCUT2D eigenvalue weighted by Crippen LogP contribution is 2.36. The topological polar surface area (TPSA) is 81.7 Å². The summed E-state index contributed by atoms with van der Waals surface area (Å²) in [6.07, 6.45) is 2.75. The molecule has 0 atom stereocenters. The van der Waals surface area contributed by atoms with Crippen molar-refractivity contribution in [2.75, 3.05) is 19.5 Å². The molecule has 1 fully saturated rings. The second kappa shape index (κ2) is 6.26. The molecule has 2 rings (SSSR count). The minimum Gasteiger partial charge on any atom is -0.465 e. The maximum atomic E-state index is 12.0. The predicted octanol–water partition coefficient (Wildman–Crippen LogP) is 2.37. The van der Waals surface area contributed by atoms with Crippen molar-refractivity contribution in [1.82, 2.24) is 0 Å². The van der Waals surface area contributed by atoms with E-state index >= 15 is 0 Å². The van der Waals surface area contributed by atoms with Crippen molar-refractivity contribution in [3.05, 3.63) is 16.0 Å². The maximum absolute atomic E-state index is 12.0. The van der Waals surface area contributed by atoms with Crippen LogP contribution in [0, 0.1) is 12.8 Å². The molecule has 1 amide bonds. The molecule has 1 aliphatic rings. The summed E-state index contributed by atoms with van der Waals surface area (Å²) >= 11 is 1.04. The summed E-state index contributed by atoms with van der Waals surface area (Å²) in [5.74, 6) is -1.25. The molecule has 7 heteroatoms. The Morgan fingerprint density at radius 1 is 1.14 bits per heavy atom. The number of carbonyl (C=O) groups excluding carboxylic acids is 3. The third-order valence-corrected chi connectivity index (χ3v) is 4.81. The highest BCUT2D eigenvalue weighted by atomic mass is 32.1. The molecule has 0 saturated heterocycles. The van der Waals surface area contributed by atoms with Gasteiger partial charge < -0.3 is 14.8 Å². The van der Waals surface area contributed by atoms with Gasteiger partial charge in [0.25, 0.3) is 0 Å². The van der Waals surface area contributed by atoms with Crippen LogP contribution in [0.1, 0.15) is 44.9 Å². The van der Waals surface area contributed by atoms with E-state index in [0.29, 0.717) is 15.4 Å². The molecule has 1 aromatic rings. The molecule has 0 spiro atoms. The molecule has 1 aromatic heterocycles. The Balaban J connectivity index is 2.35. The number of thiophene rings is 1. The highest BCUT2D eigenvalue weighted by molar-refractivity contribution is 7.18. The second-order valence-electron chi connectivity index (χ2n) is 4.86. The van der Waals surface area contributed by atoms with Crippen molar-refractivity contribution >= 4 is 34.2 Å². The molecule has 0 aliphatic heterocycles. The van der Waals surface area contributed by atoms with Crippen LogP contribution in [0.3, 0.4) is 0 Å². The first kappa shape index (κ1) is 15.5. The molecule has 0 aromatic carbocycles. The molecule has 6 nitrogen and oxygen atoms in total. The fourth-order valence-electron chi connectivity index (χ4n) is 2.12. The number of carbonyl (C=O) groups is 3. The molecule has 1 saturated carbocycles. The van der Waals surface area contributed by atoms with E-state index in [2.05, 4.69) is 5.32 Å². The van der Waals surface area contributed by atoms with Crippen LogP contribution in [-0.4, -0.2) is 32.1 Å². The van der Waals surface area contributed by atoms with Crippen molar-refractivity contribution in [3.8, 4) is 0 Å². The van der Waals surface area contributed by atoms with E-state index in [1.165, 1.54) is 14.2 Å². The second-order valence-corrected chi connectivity index (χ2v) is 5.88. The van der Waals surface area contributed by atoms with Crippen LogP contribution < -0.4 is 5.32 Å². The van der Waals surface area contributed by atoms with Crippen LogP contribution in [-0.2, 0) is 14.3 Å². The molecule has 114 valence electrons. The average molecular weight is 311 g/mol. The summed E-state index contributed by atoms with van der Waals surface area (Å²) in [4.78, 5) is 36.0. The third-order valence-electron chi connectivity index (χ3n) is 3.62. The lowest BCUT2D eigenvalue weighted by Gasteiger charge is -2.23. The van der Waals surface area contributed by atoms with Gasteiger partial charge in [0.2, 0.25) is 5.91 Å². The Morgan fingerprint density at radius 2 is 1.76 bits per heavy atom. The van der Waals surface area contributed by atoms with Crippen LogP contribution in [0.5, 0.6) is 0 Å². The molecular formula is C14H17NO5S. The first-order valence-corrected chi connectivity index (χ1v) is 7.42. The molecule has 1 heterocycles. The van der Waals surface area contributed by atoms with E-state index in [0.717, 1.165) is 30.6 Å². The minimum absolute atomic E-state index is 0.0144. The lowest BCUT2D eigenvalue weighted by molar-refractivity contribution is -0.122. The van der Waals surface area contributed by atoms with Crippen molar-refractivity contribution in [2.24, 2.45) is 5.92 Å². The van der Waals surface area contributed by atoms with Crippen LogP contribution in [0.15, 0.2) is 0 Å². The normalized spacial score (nSPS) is 14.2. The van der Waals surface area contributed by atoms with E-state index in [9.17, 15) is 14.4 Å². The van der Waals surface area contributed by atoms with E-state index in [1.807, 2.05) is 0 Å². The lowest BCUT2D eigenvalue weighted by atomic mass is 9.85. The number of hydrogen-bond donors (Lipinski definition) is 1. The molecule has 0 radical (unpaired) electrons. The van der Waals surface area contributed by atoms with Gasteiger partial charge >= 0.3 is 11.9 Å². The fraction of sp³-hybridized carbons (Fsp3) is 0.500. The average Bonchev–Trinajstić information content (AvgIpc) is 2.71. The van der Waals surface area contributed by atoms with Gasteiger partial charge in [0, 0.05) is 5.92 Å². The number of nitrogens with one attached hydrogen (secondary N) is 1. The Morgan fingerprint density at radius 3 is 2.24 bits per heavy atom. The molecule has 1 N–H and O–H groups in total. The molecule has 21 heavy (non-hydrogen) atoms. The van der Waals surface area contributed by atoms with Gasteiger partial charge in [-0.2, -0.15) is 0 Å². The SMILES string of the molecule is COC(=O)c1sc(NC(=O)C2CCC2)c(C(=O)OC)c1C. The van der Waals surface area contributed by atoms with Crippen LogP contribution in [0.25, 0.3) is 0 Å². The zero-order valence-corrected chi connectivity index (χ0v) is 13.0. The zero-order valence-electron chi connectivity index (χ0n) is 12.1. The summed E-state index contributed by atoms with van der Waals surface area (Å²) < 4.78 is 9.42. The van der Waals surface area contributed by atoms with Gasteiger partial charge in [0.1, 0.15) is 9.88 Å². The Bertz CT molecular complexity index is 588. The van der Waals surface area contributed by atoms with Crippen molar-refractivity contribution in [2.45, 2.75) is 26.2 Å². The number of methoxy groups -OCH3 is 2. The number of hydrogen-bond acceptors (Lipinski definition) is 6. The smallest absolute Gasteiger partial charge is 0.348 e. The zero-order chi connectivity index (χ0) is 15.6. The van der Waals surface area contributed by atoms with Gasteiger partial charge in [-0.05, 0) is 25.3 Å². The number of amides is 1. The van der Waals surface area contributed by atoms with Crippen LogP contribution >= 0.6 is 11.3 Å². The summed E-state index contributed by atoms with van der Waals surface area (Å²) in [7, 11) is 2.53. The molecular weight excluding hydrogens is 294 g/mol.